The van der Waals surface area contributed by atoms with Gasteiger partial charge in [-0.15, -0.1) is 0 Å². The molecule has 0 aromatic heterocycles. The van der Waals surface area contributed by atoms with Crippen LogP contribution in [0.15, 0.2) is 11.6 Å². The van der Waals surface area contributed by atoms with Gasteiger partial charge in [-0.05, 0) is 25.8 Å². The zero-order valence-corrected chi connectivity index (χ0v) is 14.6. The van der Waals surface area contributed by atoms with Gasteiger partial charge in [-0.2, -0.15) is 0 Å². The van der Waals surface area contributed by atoms with Crippen molar-refractivity contribution < 1.29 is 14.3 Å². The number of nitrogens with one attached hydrogen (secondary N) is 2. The molecule has 134 valence electrons. The van der Waals surface area contributed by atoms with Crippen LogP contribution < -0.4 is 10.6 Å². The van der Waals surface area contributed by atoms with E-state index >= 15 is 0 Å². The quantitative estimate of drug-likeness (QED) is 0.560. The van der Waals surface area contributed by atoms with Gasteiger partial charge in [0.2, 0.25) is 11.8 Å². The number of rotatable bonds is 3. The maximum atomic E-state index is 12.2. The number of carbonyl (C=O) groups excluding carboxylic acids is 2. The Labute approximate surface area is 143 Å². The molecule has 0 aromatic rings. The summed E-state index contributed by atoms with van der Waals surface area (Å²) in [6, 6.07) is -0.289. The lowest BCUT2D eigenvalue weighted by Crippen LogP contribution is -2.57. The number of imide groups is 1. The van der Waals surface area contributed by atoms with E-state index in [2.05, 4.69) is 40.4 Å². The first-order valence-corrected chi connectivity index (χ1v) is 8.90. The minimum Gasteiger partial charge on any atom is -0.342 e. The fourth-order valence-corrected chi connectivity index (χ4v) is 3.72. The number of carbonyl (C=O) groups is 2. The van der Waals surface area contributed by atoms with Crippen LogP contribution in [0.4, 0.5) is 0 Å². The van der Waals surface area contributed by atoms with E-state index in [-0.39, 0.29) is 17.9 Å². The van der Waals surface area contributed by atoms with Gasteiger partial charge in [0, 0.05) is 39.1 Å². The lowest BCUT2D eigenvalue weighted by atomic mass is 10.0. The SMILES string of the molecule is CCC1=CC(C)(N2CCNCC2)OCN(C2CCC(=O)NC2=O)C1. The van der Waals surface area contributed by atoms with Crippen LogP contribution in [0.3, 0.4) is 0 Å². The van der Waals surface area contributed by atoms with Crippen LogP contribution in [-0.2, 0) is 14.3 Å². The fraction of sp³-hybridized carbons (Fsp3) is 0.765. The van der Waals surface area contributed by atoms with Crippen molar-refractivity contribution in [2.24, 2.45) is 0 Å². The van der Waals surface area contributed by atoms with Crippen molar-refractivity contribution >= 4 is 11.8 Å². The second-order valence-electron chi connectivity index (χ2n) is 6.94. The Bertz CT molecular complexity index is 530. The molecule has 3 heterocycles. The molecule has 0 saturated carbocycles. The van der Waals surface area contributed by atoms with Gasteiger partial charge in [0.15, 0.2) is 0 Å². The van der Waals surface area contributed by atoms with E-state index in [0.717, 1.165) is 32.6 Å². The van der Waals surface area contributed by atoms with Gasteiger partial charge in [-0.1, -0.05) is 12.5 Å². The van der Waals surface area contributed by atoms with Crippen LogP contribution in [0.1, 0.15) is 33.1 Å². The van der Waals surface area contributed by atoms with Gasteiger partial charge in [0.1, 0.15) is 12.5 Å². The molecular weight excluding hydrogens is 308 g/mol. The zero-order valence-electron chi connectivity index (χ0n) is 14.6. The van der Waals surface area contributed by atoms with E-state index < -0.39 is 5.72 Å². The molecule has 7 heteroatoms. The van der Waals surface area contributed by atoms with Gasteiger partial charge < -0.3 is 10.1 Å². The average Bonchev–Trinajstić information content (AvgIpc) is 2.76. The molecular formula is C17H28N4O3. The molecule has 2 unspecified atom stereocenters. The normalized spacial score (nSPS) is 33.8. The molecule has 0 spiro atoms. The van der Waals surface area contributed by atoms with E-state index in [1.807, 2.05) is 0 Å². The minimum atomic E-state index is -0.441. The maximum Gasteiger partial charge on any atom is 0.243 e. The van der Waals surface area contributed by atoms with Crippen molar-refractivity contribution in [3.8, 4) is 0 Å². The molecule has 2 fully saturated rings. The summed E-state index contributed by atoms with van der Waals surface area (Å²) in [7, 11) is 0. The zero-order chi connectivity index (χ0) is 17.2. The Hall–Kier alpha value is -1.28. The number of amides is 2. The van der Waals surface area contributed by atoms with Crippen molar-refractivity contribution in [2.75, 3.05) is 39.5 Å². The van der Waals surface area contributed by atoms with Crippen molar-refractivity contribution in [3.63, 3.8) is 0 Å². The molecule has 2 saturated heterocycles. The second-order valence-corrected chi connectivity index (χ2v) is 6.94. The van der Waals surface area contributed by atoms with Crippen molar-refractivity contribution in [1.29, 1.82) is 0 Å². The summed E-state index contributed by atoms with van der Waals surface area (Å²) in [5.41, 5.74) is 0.835. The fourth-order valence-electron chi connectivity index (χ4n) is 3.72. The Morgan fingerprint density at radius 2 is 2.08 bits per heavy atom. The van der Waals surface area contributed by atoms with Gasteiger partial charge in [0.05, 0.1) is 6.04 Å². The Kier molecular flexibility index (Phi) is 5.34. The number of piperazine rings is 1. The van der Waals surface area contributed by atoms with Crippen molar-refractivity contribution in [1.82, 2.24) is 20.4 Å². The molecule has 0 bridgehead atoms. The summed E-state index contributed by atoms with van der Waals surface area (Å²) in [6.45, 7) is 9.18. The lowest BCUT2D eigenvalue weighted by Gasteiger charge is -2.41. The molecule has 0 radical (unpaired) electrons. The second kappa shape index (κ2) is 7.31. The standard InChI is InChI=1S/C17H28N4O3/c1-3-13-10-17(2,21-8-6-18-7-9-21)24-12-20(11-13)14-4-5-15(22)19-16(14)23/h10,14,18H,3-9,11-12H2,1-2H3,(H,19,22,23). The summed E-state index contributed by atoms with van der Waals surface area (Å²) in [5.74, 6) is -0.375. The number of nitrogens with zero attached hydrogens (tertiary/aromatic N) is 2. The summed E-state index contributed by atoms with van der Waals surface area (Å²) in [5, 5.41) is 5.82. The smallest absolute Gasteiger partial charge is 0.243 e. The molecule has 2 amide bonds. The monoisotopic (exact) mass is 336 g/mol. The number of ether oxygens (including phenoxy) is 1. The molecule has 24 heavy (non-hydrogen) atoms. The Morgan fingerprint density at radius 3 is 2.75 bits per heavy atom. The predicted octanol–water partition coefficient (Wildman–Crippen LogP) is 0.0391. The largest absolute Gasteiger partial charge is 0.342 e. The summed E-state index contributed by atoms with van der Waals surface area (Å²) in [4.78, 5) is 28.0. The van der Waals surface area contributed by atoms with E-state index in [1.165, 1.54) is 5.57 Å². The van der Waals surface area contributed by atoms with Crippen LogP contribution in [0.2, 0.25) is 0 Å². The third-order valence-electron chi connectivity index (χ3n) is 5.25. The molecule has 3 aliphatic rings. The van der Waals surface area contributed by atoms with Crippen LogP contribution in [0.5, 0.6) is 0 Å². The number of hydrogen-bond donors (Lipinski definition) is 2. The van der Waals surface area contributed by atoms with E-state index in [4.69, 9.17) is 4.74 Å². The first kappa shape index (κ1) is 17.5. The average molecular weight is 336 g/mol. The van der Waals surface area contributed by atoms with E-state index in [0.29, 0.717) is 26.1 Å². The predicted molar refractivity (Wildman–Crippen MR) is 90.1 cm³/mol. The molecule has 3 aliphatic heterocycles. The van der Waals surface area contributed by atoms with Crippen molar-refractivity contribution in [3.05, 3.63) is 11.6 Å². The molecule has 2 atom stereocenters. The van der Waals surface area contributed by atoms with Gasteiger partial charge in [-0.25, -0.2) is 0 Å². The summed E-state index contributed by atoms with van der Waals surface area (Å²) in [6.07, 6.45) is 4.11. The highest BCUT2D eigenvalue weighted by Gasteiger charge is 2.38. The van der Waals surface area contributed by atoms with Crippen molar-refractivity contribution in [2.45, 2.75) is 44.9 Å². The molecule has 0 aromatic carbocycles. The first-order chi connectivity index (χ1) is 11.5. The van der Waals surface area contributed by atoms with Gasteiger partial charge in [-0.3, -0.25) is 24.7 Å². The third-order valence-corrected chi connectivity index (χ3v) is 5.25. The molecule has 0 aliphatic carbocycles. The third kappa shape index (κ3) is 3.69. The number of piperidine rings is 1. The number of hydrogen-bond acceptors (Lipinski definition) is 6. The van der Waals surface area contributed by atoms with Crippen LogP contribution >= 0.6 is 0 Å². The lowest BCUT2D eigenvalue weighted by molar-refractivity contribution is -0.155. The Balaban J connectivity index is 1.75. The highest BCUT2D eigenvalue weighted by atomic mass is 16.5. The van der Waals surface area contributed by atoms with Gasteiger partial charge in [0.25, 0.3) is 0 Å². The maximum absolute atomic E-state index is 12.2. The molecule has 2 N–H and O–H groups in total. The van der Waals surface area contributed by atoms with Crippen LogP contribution in [0, 0.1) is 0 Å². The molecule has 3 rings (SSSR count). The first-order valence-electron chi connectivity index (χ1n) is 8.90. The topological polar surface area (TPSA) is 73.9 Å². The summed E-state index contributed by atoms with van der Waals surface area (Å²) >= 11 is 0. The molecule has 7 nitrogen and oxygen atoms in total. The Morgan fingerprint density at radius 1 is 1.33 bits per heavy atom. The summed E-state index contributed by atoms with van der Waals surface area (Å²) < 4.78 is 6.29. The highest BCUT2D eigenvalue weighted by molar-refractivity contribution is 6.00. The van der Waals surface area contributed by atoms with Crippen LogP contribution in [0.25, 0.3) is 0 Å². The minimum absolute atomic E-state index is 0.177. The van der Waals surface area contributed by atoms with E-state index in [1.54, 1.807) is 0 Å². The van der Waals surface area contributed by atoms with E-state index in [9.17, 15) is 9.59 Å². The highest BCUT2D eigenvalue weighted by Crippen LogP contribution is 2.27. The van der Waals surface area contributed by atoms with Gasteiger partial charge >= 0.3 is 0 Å². The van der Waals surface area contributed by atoms with Crippen LogP contribution in [-0.4, -0.2) is 72.8 Å².